The van der Waals surface area contributed by atoms with E-state index in [1.54, 1.807) is 42.5 Å². The number of rotatable bonds is 7. The van der Waals surface area contributed by atoms with Crippen molar-refractivity contribution in [2.75, 3.05) is 6.61 Å². The summed E-state index contributed by atoms with van der Waals surface area (Å²) in [6, 6.07) is 14.9. The maximum absolute atomic E-state index is 14.3. The van der Waals surface area contributed by atoms with Crippen molar-refractivity contribution in [2.24, 2.45) is 0 Å². The Balaban J connectivity index is 1.91. The predicted molar refractivity (Wildman–Crippen MR) is 101 cm³/mol. The van der Waals surface area contributed by atoms with Gasteiger partial charge in [0, 0.05) is 16.1 Å². The molecule has 1 amide bonds. The number of benzene rings is 2. The van der Waals surface area contributed by atoms with Gasteiger partial charge in [-0.2, -0.15) is 0 Å². The van der Waals surface area contributed by atoms with Crippen LogP contribution in [0.3, 0.4) is 0 Å². The molecule has 0 aliphatic heterocycles. The van der Waals surface area contributed by atoms with Gasteiger partial charge in [0.25, 0.3) is 5.91 Å². The predicted octanol–water partition coefficient (Wildman–Crippen LogP) is 5.31. The molecule has 0 atom stereocenters. The molecule has 0 saturated carbocycles. The lowest BCUT2D eigenvalue weighted by atomic mass is 10.1. The minimum Gasteiger partial charge on any atom is -0.494 e. The Morgan fingerprint density at radius 3 is 2.67 bits per heavy atom. The molecule has 0 unspecified atom stereocenters. The molecule has 0 aliphatic rings. The van der Waals surface area contributed by atoms with Gasteiger partial charge in [0.15, 0.2) is 0 Å². The molecule has 0 bridgehead atoms. The van der Waals surface area contributed by atoms with Crippen molar-refractivity contribution in [3.63, 3.8) is 0 Å². The molecule has 0 spiro atoms. The number of carbonyl (C=O) groups is 1. The summed E-state index contributed by atoms with van der Waals surface area (Å²) in [6.45, 7) is 2.58. The van der Waals surface area contributed by atoms with E-state index in [2.05, 4.69) is 0 Å². The molecule has 27 heavy (non-hydrogen) atoms. The molecular formula is C21H19ClFNO3. The van der Waals surface area contributed by atoms with Crippen LogP contribution in [0.25, 0.3) is 0 Å². The number of halogens is 2. The van der Waals surface area contributed by atoms with Crippen LogP contribution in [0.5, 0.6) is 5.75 Å². The molecule has 4 nitrogen and oxygen atoms in total. The topological polar surface area (TPSA) is 42.7 Å². The number of amides is 1. The Labute approximate surface area is 162 Å². The average Bonchev–Trinajstić information content (AvgIpc) is 3.17. The van der Waals surface area contributed by atoms with Gasteiger partial charge in [-0.25, -0.2) is 4.39 Å². The smallest absolute Gasteiger partial charge is 0.254 e. The van der Waals surface area contributed by atoms with E-state index in [0.717, 1.165) is 0 Å². The SMILES string of the molecule is CCOc1cccc(C(=O)N(Cc2ccco2)Cc2c(F)cccc2Cl)c1. The van der Waals surface area contributed by atoms with Gasteiger partial charge >= 0.3 is 0 Å². The van der Waals surface area contributed by atoms with E-state index < -0.39 is 5.82 Å². The fraction of sp³-hybridized carbons (Fsp3) is 0.190. The fourth-order valence-electron chi connectivity index (χ4n) is 2.73. The molecule has 0 saturated heterocycles. The summed E-state index contributed by atoms with van der Waals surface area (Å²) in [5.41, 5.74) is 0.708. The third-order valence-corrected chi connectivity index (χ3v) is 4.37. The van der Waals surface area contributed by atoms with E-state index >= 15 is 0 Å². The van der Waals surface area contributed by atoms with Crippen molar-refractivity contribution in [1.29, 1.82) is 0 Å². The first-order chi connectivity index (χ1) is 13.1. The van der Waals surface area contributed by atoms with Gasteiger partial charge in [-0.3, -0.25) is 4.79 Å². The maximum Gasteiger partial charge on any atom is 0.254 e. The molecule has 1 heterocycles. The average molecular weight is 388 g/mol. The van der Waals surface area contributed by atoms with Gasteiger partial charge in [-0.1, -0.05) is 23.7 Å². The monoisotopic (exact) mass is 387 g/mol. The molecule has 0 fully saturated rings. The minimum atomic E-state index is -0.456. The van der Waals surface area contributed by atoms with Crippen LogP contribution in [-0.2, 0) is 13.1 Å². The first-order valence-electron chi connectivity index (χ1n) is 8.56. The highest BCUT2D eigenvalue weighted by molar-refractivity contribution is 6.31. The summed E-state index contributed by atoms with van der Waals surface area (Å²) in [5.74, 6) is 0.470. The molecule has 0 radical (unpaired) electrons. The van der Waals surface area contributed by atoms with Gasteiger partial charge < -0.3 is 14.1 Å². The van der Waals surface area contributed by atoms with Crippen molar-refractivity contribution in [3.8, 4) is 5.75 Å². The Hall–Kier alpha value is -2.79. The zero-order chi connectivity index (χ0) is 19.2. The van der Waals surface area contributed by atoms with Crippen molar-refractivity contribution < 1.29 is 18.3 Å². The highest BCUT2D eigenvalue weighted by Crippen LogP contribution is 2.24. The van der Waals surface area contributed by atoms with Crippen LogP contribution in [0.2, 0.25) is 5.02 Å². The normalized spacial score (nSPS) is 10.6. The second-order valence-electron chi connectivity index (χ2n) is 5.90. The highest BCUT2D eigenvalue weighted by atomic mass is 35.5. The lowest BCUT2D eigenvalue weighted by molar-refractivity contribution is 0.0715. The van der Waals surface area contributed by atoms with Crippen molar-refractivity contribution in [3.05, 3.63) is 88.6 Å². The summed E-state index contributed by atoms with van der Waals surface area (Å²) >= 11 is 6.15. The lowest BCUT2D eigenvalue weighted by Gasteiger charge is -2.23. The minimum absolute atomic E-state index is 0.0178. The number of hydrogen-bond donors (Lipinski definition) is 0. The Morgan fingerprint density at radius 1 is 1.15 bits per heavy atom. The number of carbonyl (C=O) groups excluding carboxylic acids is 1. The van der Waals surface area contributed by atoms with Gasteiger partial charge in [-0.05, 0) is 49.4 Å². The standard InChI is InChI=1S/C21H19ClFNO3/c1-2-26-16-7-3-6-15(12-16)21(25)24(13-17-8-5-11-27-17)14-18-19(22)9-4-10-20(18)23/h3-12H,2,13-14H2,1H3. The molecule has 3 rings (SSSR count). The molecule has 6 heteroatoms. The molecular weight excluding hydrogens is 369 g/mol. The molecule has 3 aromatic rings. The van der Waals surface area contributed by atoms with Crippen molar-refractivity contribution >= 4 is 17.5 Å². The quantitative estimate of drug-likeness (QED) is 0.551. The van der Waals surface area contributed by atoms with Crippen LogP contribution in [0.1, 0.15) is 28.6 Å². The van der Waals surface area contributed by atoms with Gasteiger partial charge in [0.05, 0.1) is 26.0 Å². The molecule has 140 valence electrons. The summed E-state index contributed by atoms with van der Waals surface area (Å²) in [5, 5.41) is 0.273. The van der Waals surface area contributed by atoms with Crippen molar-refractivity contribution in [1.82, 2.24) is 4.90 Å². The van der Waals surface area contributed by atoms with Crippen LogP contribution in [0.15, 0.2) is 65.3 Å². The van der Waals surface area contributed by atoms with E-state index in [9.17, 15) is 9.18 Å². The van der Waals surface area contributed by atoms with E-state index in [0.29, 0.717) is 23.7 Å². The summed E-state index contributed by atoms with van der Waals surface area (Å²) in [7, 11) is 0. The van der Waals surface area contributed by atoms with Crippen LogP contribution in [0.4, 0.5) is 4.39 Å². The number of ether oxygens (including phenoxy) is 1. The first kappa shape index (κ1) is 19.0. The van der Waals surface area contributed by atoms with E-state index in [-0.39, 0.29) is 29.6 Å². The third-order valence-electron chi connectivity index (χ3n) is 4.02. The maximum atomic E-state index is 14.3. The first-order valence-corrected chi connectivity index (χ1v) is 8.93. The van der Waals surface area contributed by atoms with Gasteiger partial charge in [-0.15, -0.1) is 0 Å². The van der Waals surface area contributed by atoms with Gasteiger partial charge in [0.1, 0.15) is 17.3 Å². The molecule has 2 aromatic carbocycles. The zero-order valence-corrected chi connectivity index (χ0v) is 15.6. The Morgan fingerprint density at radius 2 is 1.96 bits per heavy atom. The third kappa shape index (κ3) is 4.68. The van der Waals surface area contributed by atoms with E-state index in [1.165, 1.54) is 23.3 Å². The largest absolute Gasteiger partial charge is 0.494 e. The summed E-state index contributed by atoms with van der Waals surface area (Å²) < 4.78 is 25.1. The second kappa shape index (κ2) is 8.73. The number of furan rings is 1. The summed E-state index contributed by atoms with van der Waals surface area (Å²) in [4.78, 5) is 14.6. The zero-order valence-electron chi connectivity index (χ0n) is 14.8. The van der Waals surface area contributed by atoms with E-state index in [1.807, 2.05) is 6.92 Å². The Bertz CT molecular complexity index is 891. The molecule has 0 N–H and O–H groups in total. The van der Waals surface area contributed by atoms with Crippen LogP contribution < -0.4 is 4.74 Å². The molecule has 1 aromatic heterocycles. The second-order valence-corrected chi connectivity index (χ2v) is 6.31. The van der Waals surface area contributed by atoms with Crippen LogP contribution in [-0.4, -0.2) is 17.4 Å². The number of nitrogens with zero attached hydrogens (tertiary/aromatic N) is 1. The number of hydrogen-bond acceptors (Lipinski definition) is 3. The van der Waals surface area contributed by atoms with Crippen LogP contribution >= 0.6 is 11.6 Å². The van der Waals surface area contributed by atoms with E-state index in [4.69, 9.17) is 20.8 Å². The van der Waals surface area contributed by atoms with Gasteiger partial charge in [0.2, 0.25) is 0 Å². The molecule has 0 aliphatic carbocycles. The van der Waals surface area contributed by atoms with Crippen LogP contribution in [0, 0.1) is 5.82 Å². The van der Waals surface area contributed by atoms with Crippen molar-refractivity contribution in [2.45, 2.75) is 20.0 Å². The fourth-order valence-corrected chi connectivity index (χ4v) is 2.96. The summed E-state index contributed by atoms with van der Waals surface area (Å²) in [6.07, 6.45) is 1.53. The highest BCUT2D eigenvalue weighted by Gasteiger charge is 2.21. The lowest BCUT2D eigenvalue weighted by Crippen LogP contribution is -2.30. The Kier molecular flexibility index (Phi) is 6.14.